The van der Waals surface area contributed by atoms with Crippen LogP contribution in [-0.2, 0) is 6.42 Å². The van der Waals surface area contributed by atoms with Gasteiger partial charge in [-0.2, -0.15) is 0 Å². The predicted octanol–water partition coefficient (Wildman–Crippen LogP) is 22.7. The van der Waals surface area contributed by atoms with Crippen LogP contribution in [0.5, 0.6) is 0 Å². The van der Waals surface area contributed by atoms with Crippen LogP contribution in [0.3, 0.4) is 0 Å². The molecule has 0 saturated heterocycles. The molecule has 14 aromatic carbocycles. The maximum absolute atomic E-state index is 2.50. The molecule has 0 aliphatic carbocycles. The van der Waals surface area contributed by atoms with Gasteiger partial charge in [-0.05, 0) is 152 Å². The third kappa shape index (κ3) is 9.63. The van der Waals surface area contributed by atoms with E-state index in [1.807, 2.05) is 0 Å². The first-order valence-electron chi connectivity index (χ1n) is 29.0. The van der Waals surface area contributed by atoms with E-state index < -0.39 is 0 Å². The molecule has 0 amide bonds. The molecule has 4 nitrogen and oxygen atoms in total. The normalized spacial score (nSPS) is 11.3. The van der Waals surface area contributed by atoms with Crippen molar-refractivity contribution < 1.29 is 0 Å². The standard InChI is InChI=1S/C80H62N4/c1-56-26-21-37-64(50-56)83(65-38-22-27-57(2)51-65)79-73-46-17-19-48-75(73)80(76-49-20-18-47-74(76)79)84(66-39-23-28-58(3)52-66)68-41-25-30-60(55-68)53-59-29-24-40-67(54-59)82(63-35-11-6-12-36-63)78-71-44-15-13-42-69(71)77(70-43-14-16-45-72(70)78)81(61-31-7-4-8-32-61)62-33-9-5-10-34-62/h4-52,54-55H,53H2,1-3H3. The Labute approximate surface area is 492 Å². The Bertz CT molecular complexity index is 4510. The van der Waals surface area contributed by atoms with Gasteiger partial charge in [-0.3, -0.25) is 0 Å². The van der Waals surface area contributed by atoms with Gasteiger partial charge in [0.1, 0.15) is 0 Å². The lowest BCUT2D eigenvalue weighted by molar-refractivity contribution is 1.17. The van der Waals surface area contributed by atoms with Gasteiger partial charge in [-0.25, -0.2) is 0 Å². The zero-order chi connectivity index (χ0) is 56.5. The van der Waals surface area contributed by atoms with E-state index in [2.05, 4.69) is 350 Å². The van der Waals surface area contributed by atoms with Crippen molar-refractivity contribution in [3.05, 3.63) is 337 Å². The third-order valence-corrected chi connectivity index (χ3v) is 16.2. The largest absolute Gasteiger partial charge is 0.309 e. The molecule has 0 spiro atoms. The molecule has 84 heavy (non-hydrogen) atoms. The van der Waals surface area contributed by atoms with Crippen LogP contribution in [0.2, 0.25) is 0 Å². The molecular weight excluding hydrogens is 1020 g/mol. The number of hydrogen-bond donors (Lipinski definition) is 0. The van der Waals surface area contributed by atoms with Crippen molar-refractivity contribution in [3.63, 3.8) is 0 Å². The molecule has 0 saturated carbocycles. The summed E-state index contributed by atoms with van der Waals surface area (Å²) in [6.45, 7) is 6.54. The van der Waals surface area contributed by atoms with Gasteiger partial charge in [0.05, 0.1) is 22.7 Å². The smallest absolute Gasteiger partial charge is 0.0619 e. The Morgan fingerprint density at radius 3 is 0.655 bits per heavy atom. The predicted molar refractivity (Wildman–Crippen MR) is 359 cm³/mol. The van der Waals surface area contributed by atoms with Crippen LogP contribution in [0.1, 0.15) is 27.8 Å². The maximum atomic E-state index is 2.50. The van der Waals surface area contributed by atoms with Crippen LogP contribution in [0.15, 0.2) is 309 Å². The van der Waals surface area contributed by atoms with Gasteiger partial charge in [-0.15, -0.1) is 0 Å². The van der Waals surface area contributed by atoms with Gasteiger partial charge in [-0.1, -0.05) is 212 Å². The lowest BCUT2D eigenvalue weighted by atomic mass is 9.94. The van der Waals surface area contributed by atoms with E-state index in [-0.39, 0.29) is 0 Å². The molecule has 0 aromatic heterocycles. The highest BCUT2D eigenvalue weighted by Gasteiger charge is 2.28. The highest BCUT2D eigenvalue weighted by molar-refractivity contribution is 6.25. The maximum Gasteiger partial charge on any atom is 0.0619 e. The molecule has 0 radical (unpaired) electrons. The number of nitrogens with zero attached hydrogens (tertiary/aromatic N) is 4. The number of benzene rings is 14. The minimum absolute atomic E-state index is 0.720. The number of anilines is 12. The Balaban J connectivity index is 0.916. The molecule has 4 heteroatoms. The van der Waals surface area contributed by atoms with Gasteiger partial charge in [0.2, 0.25) is 0 Å². The average Bonchev–Trinajstić information content (AvgIpc) is 1.39. The highest BCUT2D eigenvalue weighted by Crippen LogP contribution is 2.53. The summed E-state index contributed by atoms with van der Waals surface area (Å²) in [4.78, 5) is 9.86. The molecule has 0 N–H and O–H groups in total. The first-order valence-corrected chi connectivity index (χ1v) is 29.0. The van der Waals surface area contributed by atoms with E-state index >= 15 is 0 Å². The Morgan fingerprint density at radius 2 is 0.393 bits per heavy atom. The topological polar surface area (TPSA) is 13.0 Å². The number of para-hydroxylation sites is 3. The van der Waals surface area contributed by atoms with Crippen molar-refractivity contribution in [3.8, 4) is 0 Å². The molecule has 0 unspecified atom stereocenters. The number of aryl methyl sites for hydroxylation is 3. The molecule has 0 heterocycles. The molecule has 402 valence electrons. The number of rotatable bonds is 14. The number of hydrogen-bond acceptors (Lipinski definition) is 4. The van der Waals surface area contributed by atoms with Crippen LogP contribution < -0.4 is 19.6 Å². The van der Waals surface area contributed by atoms with Crippen LogP contribution in [0.4, 0.5) is 68.2 Å². The summed E-state index contributed by atoms with van der Waals surface area (Å²) in [6.07, 6.45) is 0.720. The lowest BCUT2D eigenvalue weighted by Crippen LogP contribution is -2.15. The molecule has 14 rings (SSSR count). The summed E-state index contributed by atoms with van der Waals surface area (Å²) in [5.41, 5.74) is 19.4. The van der Waals surface area contributed by atoms with E-state index in [9.17, 15) is 0 Å². The molecule has 0 fully saturated rings. The Morgan fingerprint density at radius 1 is 0.190 bits per heavy atom. The van der Waals surface area contributed by atoms with E-state index in [4.69, 9.17) is 0 Å². The number of fused-ring (bicyclic) bond motifs is 4. The minimum atomic E-state index is 0.720. The first-order chi connectivity index (χ1) is 41.4. The van der Waals surface area contributed by atoms with Crippen molar-refractivity contribution in [2.75, 3.05) is 19.6 Å². The minimum Gasteiger partial charge on any atom is -0.309 e. The van der Waals surface area contributed by atoms with Gasteiger partial charge in [0.25, 0.3) is 0 Å². The zero-order valence-electron chi connectivity index (χ0n) is 47.4. The fourth-order valence-corrected chi connectivity index (χ4v) is 12.6. The SMILES string of the molecule is Cc1cccc(N(c2cccc(C)c2)c2c3ccccc3c(N(c3cccc(C)c3)c3cccc(Cc4cccc(N(c5ccccc5)c5c6ccccc6c(N(c6ccccc6)c6ccccc6)c6ccccc56)c4)c3)c3ccccc23)c1. The van der Waals surface area contributed by atoms with E-state index in [0.29, 0.717) is 0 Å². The lowest BCUT2D eigenvalue weighted by Gasteiger charge is -2.33. The average molecular weight is 1080 g/mol. The highest BCUT2D eigenvalue weighted by atomic mass is 15.2. The second kappa shape index (κ2) is 22.3. The first kappa shape index (κ1) is 51.5. The summed E-state index contributed by atoms with van der Waals surface area (Å²) in [7, 11) is 0. The molecule has 14 aromatic rings. The zero-order valence-corrected chi connectivity index (χ0v) is 47.4. The van der Waals surface area contributed by atoms with Gasteiger partial charge in [0, 0.05) is 88.6 Å². The van der Waals surface area contributed by atoms with E-state index in [1.54, 1.807) is 0 Å². The van der Waals surface area contributed by atoms with Gasteiger partial charge in [0.15, 0.2) is 0 Å². The Hall–Kier alpha value is -10.7. The van der Waals surface area contributed by atoms with Crippen molar-refractivity contribution in [2.45, 2.75) is 27.2 Å². The van der Waals surface area contributed by atoms with Crippen LogP contribution in [-0.4, -0.2) is 0 Å². The third-order valence-electron chi connectivity index (χ3n) is 16.2. The van der Waals surface area contributed by atoms with Gasteiger partial charge < -0.3 is 19.6 Å². The fraction of sp³-hybridized carbons (Fsp3) is 0.0500. The summed E-state index contributed by atoms with van der Waals surface area (Å²) in [5.74, 6) is 0. The fourth-order valence-electron chi connectivity index (χ4n) is 12.6. The van der Waals surface area contributed by atoms with Gasteiger partial charge >= 0.3 is 0 Å². The molecule has 0 aliphatic rings. The van der Waals surface area contributed by atoms with Crippen molar-refractivity contribution >= 4 is 111 Å². The van der Waals surface area contributed by atoms with E-state index in [0.717, 1.165) is 107 Å². The molecule has 0 aliphatic heterocycles. The second-order valence-electron chi connectivity index (χ2n) is 22.0. The van der Waals surface area contributed by atoms with Crippen molar-refractivity contribution in [1.29, 1.82) is 0 Å². The monoisotopic (exact) mass is 1080 g/mol. The summed E-state index contributed by atoms with van der Waals surface area (Å²) in [6, 6.07) is 113. The summed E-state index contributed by atoms with van der Waals surface area (Å²) < 4.78 is 0. The Kier molecular flexibility index (Phi) is 13.7. The molecule has 0 atom stereocenters. The van der Waals surface area contributed by atoms with Crippen LogP contribution >= 0.6 is 0 Å². The van der Waals surface area contributed by atoms with Crippen molar-refractivity contribution in [2.24, 2.45) is 0 Å². The van der Waals surface area contributed by atoms with Crippen molar-refractivity contribution in [1.82, 2.24) is 0 Å². The molecular formula is C80H62N4. The summed E-state index contributed by atoms with van der Waals surface area (Å²) >= 11 is 0. The van der Waals surface area contributed by atoms with Crippen LogP contribution in [0, 0.1) is 20.8 Å². The van der Waals surface area contributed by atoms with Crippen LogP contribution in [0.25, 0.3) is 43.1 Å². The van der Waals surface area contributed by atoms with E-state index in [1.165, 1.54) is 38.6 Å². The molecule has 0 bridgehead atoms. The summed E-state index contributed by atoms with van der Waals surface area (Å²) in [5, 5.41) is 9.31. The quantitative estimate of drug-likeness (QED) is 0.0795. The second-order valence-corrected chi connectivity index (χ2v) is 22.0.